The quantitative estimate of drug-likeness (QED) is 0.865. The van der Waals surface area contributed by atoms with Gasteiger partial charge in [0.15, 0.2) is 0 Å². The Morgan fingerprint density at radius 2 is 2.25 bits per heavy atom. The molecule has 1 unspecified atom stereocenters. The molecule has 0 aromatic heterocycles. The van der Waals surface area contributed by atoms with E-state index in [2.05, 4.69) is 24.0 Å². The third-order valence-corrected chi connectivity index (χ3v) is 4.07. The van der Waals surface area contributed by atoms with Gasteiger partial charge < -0.3 is 9.84 Å². The molecule has 3 rings (SSSR count). The zero-order chi connectivity index (χ0) is 14.1. The topological polar surface area (TPSA) is 49.8 Å². The minimum atomic E-state index is -0.720. The first kappa shape index (κ1) is 13.4. The predicted molar refractivity (Wildman–Crippen MR) is 76.1 cm³/mol. The number of nitrogens with zero attached hydrogens (tertiary/aromatic N) is 1. The molecule has 0 radical (unpaired) electrons. The Morgan fingerprint density at radius 3 is 2.95 bits per heavy atom. The second-order valence-corrected chi connectivity index (χ2v) is 5.93. The van der Waals surface area contributed by atoms with E-state index in [0.717, 1.165) is 18.7 Å². The minimum absolute atomic E-state index is 0.168. The van der Waals surface area contributed by atoms with Crippen LogP contribution in [0.3, 0.4) is 0 Å². The lowest BCUT2D eigenvalue weighted by Crippen LogP contribution is -2.37. The Balaban J connectivity index is 1.59. The summed E-state index contributed by atoms with van der Waals surface area (Å²) in [6.07, 6.45) is 3.71. The van der Waals surface area contributed by atoms with Crippen LogP contribution < -0.4 is 4.74 Å². The molecule has 0 spiro atoms. The molecule has 2 aliphatic rings. The van der Waals surface area contributed by atoms with Crippen LogP contribution in [0, 0.1) is 6.92 Å². The van der Waals surface area contributed by atoms with Crippen LogP contribution in [-0.4, -0.2) is 41.2 Å². The zero-order valence-electron chi connectivity index (χ0n) is 11.8. The molecule has 108 valence electrons. The SMILES string of the molecule is Cc1ccc2c(c1)CC(CN(CCC(=O)O)C1CC1)O2. The number of carbonyl (C=O) groups is 1. The van der Waals surface area contributed by atoms with Gasteiger partial charge in [-0.05, 0) is 31.4 Å². The number of fused-ring (bicyclic) bond motifs is 1. The number of aliphatic carboxylic acids is 1. The van der Waals surface area contributed by atoms with Crippen molar-refractivity contribution in [3.63, 3.8) is 0 Å². The van der Waals surface area contributed by atoms with Crippen molar-refractivity contribution in [1.29, 1.82) is 0 Å². The summed E-state index contributed by atoms with van der Waals surface area (Å²) in [5.41, 5.74) is 2.54. The first-order chi connectivity index (χ1) is 9.61. The number of benzene rings is 1. The van der Waals surface area contributed by atoms with Crippen molar-refractivity contribution < 1.29 is 14.6 Å². The highest BCUT2D eigenvalue weighted by molar-refractivity contribution is 5.66. The standard InChI is InChI=1S/C16H21NO3/c1-11-2-5-15-12(8-11)9-14(20-15)10-17(13-3-4-13)7-6-16(18)19/h2,5,8,13-14H,3-4,6-7,9-10H2,1H3,(H,18,19). The van der Waals surface area contributed by atoms with Crippen LogP contribution in [0.25, 0.3) is 0 Å². The Bertz CT molecular complexity index is 510. The number of hydrogen-bond acceptors (Lipinski definition) is 3. The van der Waals surface area contributed by atoms with Crippen LogP contribution in [0.5, 0.6) is 5.75 Å². The van der Waals surface area contributed by atoms with E-state index in [-0.39, 0.29) is 12.5 Å². The summed E-state index contributed by atoms with van der Waals surface area (Å²) in [5, 5.41) is 8.84. The van der Waals surface area contributed by atoms with Gasteiger partial charge in [0.1, 0.15) is 11.9 Å². The summed E-state index contributed by atoms with van der Waals surface area (Å²) < 4.78 is 5.99. The smallest absolute Gasteiger partial charge is 0.304 e. The summed E-state index contributed by atoms with van der Waals surface area (Å²) in [7, 11) is 0. The molecule has 4 heteroatoms. The van der Waals surface area contributed by atoms with Crippen molar-refractivity contribution >= 4 is 5.97 Å². The molecule has 20 heavy (non-hydrogen) atoms. The average molecular weight is 275 g/mol. The second-order valence-electron chi connectivity index (χ2n) is 5.93. The van der Waals surface area contributed by atoms with E-state index in [1.165, 1.54) is 24.0 Å². The molecule has 1 atom stereocenters. The van der Waals surface area contributed by atoms with Crippen LogP contribution in [0.2, 0.25) is 0 Å². The monoisotopic (exact) mass is 275 g/mol. The third-order valence-electron chi connectivity index (χ3n) is 4.07. The van der Waals surface area contributed by atoms with Gasteiger partial charge in [-0.2, -0.15) is 0 Å². The lowest BCUT2D eigenvalue weighted by Gasteiger charge is -2.24. The molecule has 4 nitrogen and oxygen atoms in total. The lowest BCUT2D eigenvalue weighted by molar-refractivity contribution is -0.137. The number of carboxylic acids is 1. The summed E-state index contributed by atoms with van der Waals surface area (Å²) >= 11 is 0. The maximum atomic E-state index is 10.7. The van der Waals surface area contributed by atoms with Crippen molar-refractivity contribution in [2.45, 2.75) is 44.8 Å². The molecule has 1 aliphatic carbocycles. The number of aryl methyl sites for hydroxylation is 1. The Kier molecular flexibility index (Phi) is 3.66. The molecule has 1 fully saturated rings. The largest absolute Gasteiger partial charge is 0.488 e. The van der Waals surface area contributed by atoms with Gasteiger partial charge in [-0.3, -0.25) is 9.69 Å². The van der Waals surface area contributed by atoms with Gasteiger partial charge >= 0.3 is 5.97 Å². The van der Waals surface area contributed by atoms with Crippen molar-refractivity contribution in [2.75, 3.05) is 13.1 Å². The maximum Gasteiger partial charge on any atom is 0.304 e. The highest BCUT2D eigenvalue weighted by Crippen LogP contribution is 2.32. The summed E-state index contributed by atoms with van der Waals surface area (Å²) in [5.74, 6) is 0.275. The van der Waals surface area contributed by atoms with Crippen molar-refractivity contribution in [3.05, 3.63) is 29.3 Å². The van der Waals surface area contributed by atoms with Gasteiger partial charge in [0.25, 0.3) is 0 Å². The minimum Gasteiger partial charge on any atom is -0.488 e. The zero-order valence-corrected chi connectivity index (χ0v) is 11.8. The number of ether oxygens (including phenoxy) is 1. The first-order valence-corrected chi connectivity index (χ1v) is 7.34. The normalized spacial score (nSPS) is 20.8. The third kappa shape index (κ3) is 3.12. The van der Waals surface area contributed by atoms with Crippen LogP contribution in [0.4, 0.5) is 0 Å². The Morgan fingerprint density at radius 1 is 1.45 bits per heavy atom. The molecule has 1 N–H and O–H groups in total. The number of carboxylic acid groups (broad SMARTS) is 1. The van der Waals surface area contributed by atoms with Gasteiger partial charge in [-0.1, -0.05) is 17.7 Å². The van der Waals surface area contributed by atoms with Gasteiger partial charge in [-0.25, -0.2) is 0 Å². The van der Waals surface area contributed by atoms with E-state index in [0.29, 0.717) is 12.6 Å². The van der Waals surface area contributed by atoms with E-state index in [1.807, 2.05) is 6.07 Å². The van der Waals surface area contributed by atoms with E-state index < -0.39 is 5.97 Å². The number of hydrogen-bond donors (Lipinski definition) is 1. The molecule has 1 aromatic carbocycles. The van der Waals surface area contributed by atoms with Gasteiger partial charge in [0.2, 0.25) is 0 Å². The molecule has 0 amide bonds. The van der Waals surface area contributed by atoms with Gasteiger partial charge in [-0.15, -0.1) is 0 Å². The van der Waals surface area contributed by atoms with Gasteiger partial charge in [0.05, 0.1) is 6.42 Å². The van der Waals surface area contributed by atoms with E-state index in [4.69, 9.17) is 9.84 Å². The fourth-order valence-corrected chi connectivity index (χ4v) is 2.91. The van der Waals surface area contributed by atoms with Crippen LogP contribution in [0.15, 0.2) is 18.2 Å². The van der Waals surface area contributed by atoms with Crippen LogP contribution in [0.1, 0.15) is 30.4 Å². The Hall–Kier alpha value is -1.55. The van der Waals surface area contributed by atoms with E-state index in [9.17, 15) is 4.79 Å². The molecule has 0 saturated heterocycles. The van der Waals surface area contributed by atoms with Crippen molar-refractivity contribution in [1.82, 2.24) is 4.90 Å². The fraction of sp³-hybridized carbons (Fsp3) is 0.562. The molecule has 0 bridgehead atoms. The molecule has 1 heterocycles. The van der Waals surface area contributed by atoms with Crippen molar-refractivity contribution in [2.24, 2.45) is 0 Å². The highest BCUT2D eigenvalue weighted by Gasteiger charge is 2.33. The average Bonchev–Trinajstić information content (AvgIpc) is 3.15. The summed E-state index contributed by atoms with van der Waals surface area (Å²) in [6, 6.07) is 6.88. The van der Waals surface area contributed by atoms with Crippen molar-refractivity contribution in [3.8, 4) is 5.75 Å². The van der Waals surface area contributed by atoms with E-state index in [1.54, 1.807) is 0 Å². The van der Waals surface area contributed by atoms with Crippen LogP contribution >= 0.6 is 0 Å². The second kappa shape index (κ2) is 5.44. The predicted octanol–water partition coefficient (Wildman–Crippen LogP) is 2.24. The number of rotatable bonds is 6. The van der Waals surface area contributed by atoms with Gasteiger partial charge in [0, 0.05) is 25.6 Å². The Labute approximate surface area is 119 Å². The fourth-order valence-electron chi connectivity index (χ4n) is 2.91. The van der Waals surface area contributed by atoms with Crippen LogP contribution in [-0.2, 0) is 11.2 Å². The summed E-state index contributed by atoms with van der Waals surface area (Å²) in [6.45, 7) is 3.57. The molecule has 1 aliphatic heterocycles. The van der Waals surface area contributed by atoms with E-state index >= 15 is 0 Å². The first-order valence-electron chi connectivity index (χ1n) is 7.34. The molecular weight excluding hydrogens is 254 g/mol. The highest BCUT2D eigenvalue weighted by atomic mass is 16.5. The molecule has 1 saturated carbocycles. The summed E-state index contributed by atoms with van der Waals surface area (Å²) in [4.78, 5) is 13.0. The maximum absolute atomic E-state index is 10.7. The molecule has 1 aromatic rings. The lowest BCUT2D eigenvalue weighted by atomic mass is 10.1. The molecular formula is C16H21NO3.